The molecule has 7 heteroatoms. The van der Waals surface area contributed by atoms with Crippen molar-refractivity contribution < 1.29 is 4.42 Å². The van der Waals surface area contributed by atoms with Gasteiger partial charge in [-0.25, -0.2) is 15.0 Å². The van der Waals surface area contributed by atoms with Crippen molar-refractivity contribution in [2.24, 2.45) is 4.99 Å². The van der Waals surface area contributed by atoms with Crippen LogP contribution in [0.4, 0.5) is 5.82 Å². The number of guanidine groups is 1. The molecular weight excluding hydrogens is 376 g/mol. The average Bonchev–Trinajstić information content (AvgIpc) is 3.27. The zero-order valence-electron chi connectivity index (χ0n) is 17.6. The van der Waals surface area contributed by atoms with Gasteiger partial charge in [-0.05, 0) is 26.0 Å². The van der Waals surface area contributed by atoms with E-state index in [9.17, 15) is 0 Å². The van der Waals surface area contributed by atoms with Gasteiger partial charge in [0.05, 0.1) is 6.20 Å². The molecule has 1 aliphatic rings. The number of aromatic nitrogens is 2. The Morgan fingerprint density at radius 1 is 1.07 bits per heavy atom. The number of rotatable bonds is 5. The van der Waals surface area contributed by atoms with E-state index in [1.807, 2.05) is 30.5 Å². The van der Waals surface area contributed by atoms with Crippen LogP contribution in [0.3, 0.4) is 0 Å². The van der Waals surface area contributed by atoms with E-state index in [0.717, 1.165) is 55.8 Å². The summed E-state index contributed by atoms with van der Waals surface area (Å²) in [5, 5.41) is 3.39. The summed E-state index contributed by atoms with van der Waals surface area (Å²) >= 11 is 0. The van der Waals surface area contributed by atoms with Crippen LogP contribution in [0.2, 0.25) is 0 Å². The minimum atomic E-state index is 0.411. The number of hydrogen-bond acceptors (Lipinski definition) is 5. The maximum absolute atomic E-state index is 5.92. The summed E-state index contributed by atoms with van der Waals surface area (Å²) in [4.78, 5) is 18.2. The van der Waals surface area contributed by atoms with Gasteiger partial charge in [-0.1, -0.05) is 35.9 Å². The van der Waals surface area contributed by atoms with Crippen LogP contribution >= 0.6 is 0 Å². The van der Waals surface area contributed by atoms with Gasteiger partial charge in [-0.2, -0.15) is 0 Å². The summed E-state index contributed by atoms with van der Waals surface area (Å²) in [6.07, 6.45) is 3.61. The fourth-order valence-electron chi connectivity index (χ4n) is 3.49. The average molecular weight is 405 g/mol. The molecule has 3 aromatic rings. The van der Waals surface area contributed by atoms with Crippen molar-refractivity contribution in [3.63, 3.8) is 0 Å². The highest BCUT2D eigenvalue weighted by atomic mass is 16.4. The maximum Gasteiger partial charge on any atom is 0.216 e. The molecule has 0 saturated carbocycles. The second-order valence-corrected chi connectivity index (χ2v) is 7.32. The molecule has 0 atom stereocenters. The summed E-state index contributed by atoms with van der Waals surface area (Å²) in [6.45, 7) is 9.00. The first kappa shape index (κ1) is 19.9. The van der Waals surface area contributed by atoms with Crippen molar-refractivity contribution in [3.8, 4) is 11.3 Å². The summed E-state index contributed by atoms with van der Waals surface area (Å²) in [7, 11) is 0. The quantitative estimate of drug-likeness (QED) is 0.520. The van der Waals surface area contributed by atoms with E-state index in [2.05, 4.69) is 57.1 Å². The van der Waals surface area contributed by atoms with Crippen molar-refractivity contribution in [2.45, 2.75) is 20.4 Å². The Morgan fingerprint density at radius 2 is 1.87 bits per heavy atom. The first-order chi connectivity index (χ1) is 14.7. The minimum Gasteiger partial charge on any atom is -0.439 e. The minimum absolute atomic E-state index is 0.411. The first-order valence-electron chi connectivity index (χ1n) is 10.4. The van der Waals surface area contributed by atoms with E-state index < -0.39 is 0 Å². The summed E-state index contributed by atoms with van der Waals surface area (Å²) in [6, 6.07) is 14.3. The van der Waals surface area contributed by atoms with Gasteiger partial charge in [-0.3, -0.25) is 0 Å². The Bertz CT molecular complexity index is 959. The molecule has 30 heavy (non-hydrogen) atoms. The molecule has 3 heterocycles. The van der Waals surface area contributed by atoms with Gasteiger partial charge < -0.3 is 19.5 Å². The predicted octanol–water partition coefficient (Wildman–Crippen LogP) is 3.33. The van der Waals surface area contributed by atoms with Crippen molar-refractivity contribution in [1.29, 1.82) is 0 Å². The van der Waals surface area contributed by atoms with E-state index in [-0.39, 0.29) is 0 Å². The van der Waals surface area contributed by atoms with Crippen LogP contribution in [0.5, 0.6) is 0 Å². The van der Waals surface area contributed by atoms with Crippen LogP contribution < -0.4 is 10.2 Å². The molecule has 156 valence electrons. The number of aryl methyl sites for hydroxylation is 1. The Balaban J connectivity index is 1.39. The van der Waals surface area contributed by atoms with Crippen molar-refractivity contribution in [2.75, 3.05) is 37.6 Å². The van der Waals surface area contributed by atoms with E-state index in [0.29, 0.717) is 12.4 Å². The van der Waals surface area contributed by atoms with Crippen molar-refractivity contribution in [3.05, 3.63) is 66.3 Å². The topological polar surface area (TPSA) is 69.8 Å². The van der Waals surface area contributed by atoms with Crippen LogP contribution in [0.15, 0.2) is 64.3 Å². The highest BCUT2D eigenvalue weighted by molar-refractivity contribution is 5.80. The number of nitrogens with one attached hydrogen (secondary N) is 1. The molecule has 7 nitrogen and oxygen atoms in total. The molecule has 1 aromatic carbocycles. The predicted molar refractivity (Wildman–Crippen MR) is 120 cm³/mol. The van der Waals surface area contributed by atoms with Gasteiger partial charge in [0.25, 0.3) is 0 Å². The first-order valence-corrected chi connectivity index (χ1v) is 10.4. The second-order valence-electron chi connectivity index (χ2n) is 7.32. The molecule has 1 fully saturated rings. The molecule has 0 unspecified atom stereocenters. The summed E-state index contributed by atoms with van der Waals surface area (Å²) in [5.74, 6) is 3.32. The fraction of sp³-hybridized carbons (Fsp3) is 0.348. The van der Waals surface area contributed by atoms with Crippen LogP contribution in [-0.2, 0) is 6.54 Å². The number of nitrogens with zero attached hydrogens (tertiary/aromatic N) is 5. The van der Waals surface area contributed by atoms with Gasteiger partial charge in [0.2, 0.25) is 5.89 Å². The summed E-state index contributed by atoms with van der Waals surface area (Å²) in [5.41, 5.74) is 2.25. The largest absolute Gasteiger partial charge is 0.439 e. The molecule has 1 saturated heterocycles. The number of aliphatic imine (C=N–C) groups is 1. The van der Waals surface area contributed by atoms with Gasteiger partial charge in [-0.15, -0.1) is 0 Å². The lowest BCUT2D eigenvalue weighted by Gasteiger charge is -2.37. The Kier molecular flexibility index (Phi) is 6.27. The lowest BCUT2D eigenvalue weighted by molar-refractivity contribution is 0.370. The molecule has 1 aliphatic heterocycles. The lowest BCUT2D eigenvalue weighted by atomic mass is 10.1. The van der Waals surface area contributed by atoms with Gasteiger partial charge >= 0.3 is 0 Å². The zero-order chi connectivity index (χ0) is 20.8. The number of oxazole rings is 1. The molecule has 2 aromatic heterocycles. The van der Waals surface area contributed by atoms with Gasteiger partial charge in [0, 0.05) is 44.5 Å². The Labute approximate surface area is 177 Å². The summed E-state index contributed by atoms with van der Waals surface area (Å²) < 4.78 is 5.92. The van der Waals surface area contributed by atoms with Gasteiger partial charge in [0.15, 0.2) is 11.7 Å². The monoisotopic (exact) mass is 404 g/mol. The lowest BCUT2D eigenvalue weighted by Crippen LogP contribution is -2.52. The molecular formula is C23H28N6O. The normalized spacial score (nSPS) is 14.8. The highest BCUT2D eigenvalue weighted by Crippen LogP contribution is 2.21. The zero-order valence-corrected chi connectivity index (χ0v) is 17.6. The SMILES string of the molecule is CCNC(=NCc1ncc(-c2ccc(C)cc2)o1)N1CCN(c2ccccn2)CC1. The van der Waals surface area contributed by atoms with Crippen molar-refractivity contribution in [1.82, 2.24) is 20.2 Å². The number of pyridine rings is 1. The van der Waals surface area contributed by atoms with Crippen LogP contribution in [0.25, 0.3) is 11.3 Å². The van der Waals surface area contributed by atoms with Crippen LogP contribution in [0, 0.1) is 6.92 Å². The van der Waals surface area contributed by atoms with Gasteiger partial charge in [0.1, 0.15) is 12.4 Å². The second kappa shape index (κ2) is 9.43. The molecule has 0 amide bonds. The maximum atomic E-state index is 5.92. The smallest absolute Gasteiger partial charge is 0.216 e. The third-order valence-electron chi connectivity index (χ3n) is 5.14. The molecule has 1 N–H and O–H groups in total. The number of piperazine rings is 1. The number of hydrogen-bond donors (Lipinski definition) is 1. The molecule has 0 bridgehead atoms. The van der Waals surface area contributed by atoms with Crippen molar-refractivity contribution >= 4 is 11.8 Å². The van der Waals surface area contributed by atoms with E-state index >= 15 is 0 Å². The number of benzene rings is 1. The van der Waals surface area contributed by atoms with E-state index in [1.54, 1.807) is 6.20 Å². The third kappa shape index (κ3) is 4.79. The fourth-order valence-corrected chi connectivity index (χ4v) is 3.49. The van der Waals surface area contributed by atoms with Crippen LogP contribution in [0.1, 0.15) is 18.4 Å². The third-order valence-corrected chi connectivity index (χ3v) is 5.14. The molecule has 0 aliphatic carbocycles. The molecule has 0 radical (unpaired) electrons. The van der Waals surface area contributed by atoms with E-state index in [4.69, 9.17) is 9.41 Å². The highest BCUT2D eigenvalue weighted by Gasteiger charge is 2.20. The van der Waals surface area contributed by atoms with E-state index in [1.165, 1.54) is 5.56 Å². The Morgan fingerprint density at radius 3 is 2.57 bits per heavy atom. The number of anilines is 1. The molecule has 0 spiro atoms. The standard InChI is InChI=1S/C23H28N6O/c1-3-24-23(29-14-12-28(13-15-29)21-6-4-5-11-25-21)27-17-22-26-16-20(30-22)19-9-7-18(2)8-10-19/h4-11,16H,3,12-15,17H2,1-2H3,(H,24,27). The van der Waals surface area contributed by atoms with Crippen LogP contribution in [-0.4, -0.2) is 53.6 Å². The Hall–Kier alpha value is -3.35. The molecule has 4 rings (SSSR count).